The number of amides is 1. The summed E-state index contributed by atoms with van der Waals surface area (Å²) in [6, 6.07) is 0. The summed E-state index contributed by atoms with van der Waals surface area (Å²) in [5, 5.41) is 13.4. The second kappa shape index (κ2) is 5.55. The highest BCUT2D eigenvalue weighted by Gasteiger charge is 2.35. The summed E-state index contributed by atoms with van der Waals surface area (Å²) in [5.41, 5.74) is 0.625. The van der Waals surface area contributed by atoms with Gasteiger partial charge in [-0.1, -0.05) is 11.3 Å². The normalized spacial score (nSPS) is 18.6. The first-order chi connectivity index (χ1) is 9.42. The predicted octanol–water partition coefficient (Wildman–Crippen LogP) is 0.834. The molecule has 8 nitrogen and oxygen atoms in total. The monoisotopic (exact) mass is 298 g/mol. The van der Waals surface area contributed by atoms with Gasteiger partial charge in [-0.05, 0) is 13.8 Å². The molecular formula is C11H14N4O4S. The molecule has 1 aliphatic rings. The van der Waals surface area contributed by atoms with Crippen molar-refractivity contribution in [3.05, 3.63) is 10.6 Å². The number of nitrogens with one attached hydrogen (secondary N) is 1. The second-order valence-electron chi connectivity index (χ2n) is 4.09. The molecule has 1 amide bonds. The Labute approximate surface area is 119 Å². The van der Waals surface area contributed by atoms with Crippen molar-refractivity contribution in [1.82, 2.24) is 10.0 Å². The maximum atomic E-state index is 11.1. The van der Waals surface area contributed by atoms with E-state index in [0.29, 0.717) is 22.2 Å². The number of hydroxylamine groups is 2. The maximum Gasteiger partial charge on any atom is 0.346 e. The lowest BCUT2D eigenvalue weighted by Gasteiger charge is -2.15. The molecule has 108 valence electrons. The van der Waals surface area contributed by atoms with Crippen LogP contribution < -0.4 is 5.32 Å². The molecule has 1 unspecified atom stereocenters. The van der Waals surface area contributed by atoms with Gasteiger partial charge in [0, 0.05) is 13.5 Å². The number of likely N-dealkylation sites (N-methyl/N-ethyl adjacent to an activating group) is 1. The average molecular weight is 298 g/mol. The number of carbonyl (C=O) groups is 2. The first kappa shape index (κ1) is 14.4. The Morgan fingerprint density at radius 2 is 2.25 bits per heavy atom. The van der Waals surface area contributed by atoms with Crippen molar-refractivity contribution in [2.24, 2.45) is 4.99 Å². The summed E-state index contributed by atoms with van der Waals surface area (Å²) in [5.74, 6) is -1.09. The quantitative estimate of drug-likeness (QED) is 0.853. The number of anilines is 1. The van der Waals surface area contributed by atoms with Crippen molar-refractivity contribution < 1.29 is 19.5 Å². The van der Waals surface area contributed by atoms with Crippen LogP contribution in [0, 0.1) is 6.92 Å². The highest BCUT2D eigenvalue weighted by atomic mass is 32.1. The van der Waals surface area contributed by atoms with Gasteiger partial charge in [-0.2, -0.15) is 0 Å². The highest BCUT2D eigenvalue weighted by molar-refractivity contribution is 7.17. The van der Waals surface area contributed by atoms with E-state index in [0.717, 1.165) is 0 Å². The van der Waals surface area contributed by atoms with E-state index in [1.54, 1.807) is 13.8 Å². The lowest BCUT2D eigenvalue weighted by molar-refractivity contribution is -0.155. The molecule has 9 heteroatoms. The number of hydrogen-bond donors (Lipinski definition) is 2. The third-order valence-corrected chi connectivity index (χ3v) is 3.58. The van der Waals surface area contributed by atoms with Crippen LogP contribution in [0.3, 0.4) is 0 Å². The zero-order valence-electron chi connectivity index (χ0n) is 11.2. The topological polar surface area (TPSA) is 104 Å². The zero-order valence-corrected chi connectivity index (χ0v) is 12.0. The fourth-order valence-electron chi connectivity index (χ4n) is 1.67. The Bertz CT molecular complexity index is 583. The molecule has 2 rings (SSSR count). The smallest absolute Gasteiger partial charge is 0.346 e. The van der Waals surface area contributed by atoms with Gasteiger partial charge in [0.25, 0.3) is 5.90 Å². The Hall–Kier alpha value is -2.00. The predicted molar refractivity (Wildman–Crippen MR) is 72.6 cm³/mol. The Kier molecular flexibility index (Phi) is 4.00. The van der Waals surface area contributed by atoms with Crippen LogP contribution in [0.5, 0.6) is 0 Å². The van der Waals surface area contributed by atoms with Crippen molar-refractivity contribution in [3.8, 4) is 0 Å². The SMILES string of the molecule is CCN1OC(c2sc(NC(C)=O)nc2C)=NC1C(=O)O. The summed E-state index contributed by atoms with van der Waals surface area (Å²) in [6.45, 7) is 5.30. The van der Waals surface area contributed by atoms with Gasteiger partial charge in [0.05, 0.1) is 5.69 Å². The van der Waals surface area contributed by atoms with E-state index in [-0.39, 0.29) is 11.8 Å². The molecule has 1 aromatic rings. The van der Waals surface area contributed by atoms with Gasteiger partial charge in [0.15, 0.2) is 5.13 Å². The van der Waals surface area contributed by atoms with Gasteiger partial charge in [-0.25, -0.2) is 14.8 Å². The maximum absolute atomic E-state index is 11.1. The standard InChI is InChI=1S/C11H14N4O4S/c1-4-15-8(10(17)18)14-9(19-15)7-5(2)12-11(20-7)13-6(3)16/h8H,4H2,1-3H3,(H,17,18)(H,12,13,16). The molecule has 2 heterocycles. The number of aryl methyl sites for hydroxylation is 1. The van der Waals surface area contributed by atoms with Gasteiger partial charge < -0.3 is 15.3 Å². The molecule has 1 atom stereocenters. The molecule has 2 N–H and O–H groups in total. The van der Waals surface area contributed by atoms with E-state index in [2.05, 4.69) is 15.3 Å². The lowest BCUT2D eigenvalue weighted by atomic mass is 10.4. The van der Waals surface area contributed by atoms with Crippen LogP contribution in [-0.4, -0.2) is 45.6 Å². The first-order valence-corrected chi connectivity index (χ1v) is 6.74. The van der Waals surface area contributed by atoms with Crippen LogP contribution >= 0.6 is 11.3 Å². The summed E-state index contributed by atoms with van der Waals surface area (Å²) < 4.78 is 0. The summed E-state index contributed by atoms with van der Waals surface area (Å²) in [4.78, 5) is 36.3. The number of rotatable bonds is 4. The number of nitrogens with zero attached hydrogens (tertiary/aromatic N) is 3. The number of carboxylic acids is 1. The number of aromatic nitrogens is 1. The first-order valence-electron chi connectivity index (χ1n) is 5.93. The highest BCUT2D eigenvalue weighted by Crippen LogP contribution is 2.27. The van der Waals surface area contributed by atoms with Crippen molar-refractivity contribution in [2.45, 2.75) is 26.9 Å². The fraction of sp³-hybridized carbons (Fsp3) is 0.455. The van der Waals surface area contributed by atoms with E-state index in [9.17, 15) is 9.59 Å². The van der Waals surface area contributed by atoms with Crippen molar-refractivity contribution >= 4 is 34.2 Å². The van der Waals surface area contributed by atoms with Crippen LogP contribution in [0.25, 0.3) is 0 Å². The molecule has 20 heavy (non-hydrogen) atoms. The van der Waals surface area contributed by atoms with Crippen LogP contribution in [0.2, 0.25) is 0 Å². The molecule has 1 aromatic heterocycles. The molecule has 0 saturated carbocycles. The zero-order chi connectivity index (χ0) is 14.9. The van der Waals surface area contributed by atoms with E-state index in [1.807, 2.05) is 0 Å². The van der Waals surface area contributed by atoms with Crippen molar-refractivity contribution in [3.63, 3.8) is 0 Å². The summed E-state index contributed by atoms with van der Waals surface area (Å²) in [7, 11) is 0. The average Bonchev–Trinajstić information content (AvgIpc) is 2.91. The van der Waals surface area contributed by atoms with Gasteiger partial charge >= 0.3 is 5.97 Å². The number of carboxylic acid groups (broad SMARTS) is 1. The molecule has 0 radical (unpaired) electrons. The van der Waals surface area contributed by atoms with Gasteiger partial charge in [0.2, 0.25) is 12.1 Å². The molecule has 1 aliphatic heterocycles. The largest absolute Gasteiger partial charge is 0.479 e. The van der Waals surface area contributed by atoms with Crippen LogP contribution in [0.1, 0.15) is 24.4 Å². The van der Waals surface area contributed by atoms with E-state index < -0.39 is 12.1 Å². The number of thiazole rings is 1. The minimum Gasteiger partial charge on any atom is -0.479 e. The third-order valence-electron chi connectivity index (χ3n) is 2.52. The number of hydrogen-bond acceptors (Lipinski definition) is 7. The van der Waals surface area contributed by atoms with Gasteiger partial charge in [-0.3, -0.25) is 4.79 Å². The van der Waals surface area contributed by atoms with Crippen molar-refractivity contribution in [2.75, 3.05) is 11.9 Å². The minimum atomic E-state index is -1.08. The Morgan fingerprint density at radius 3 is 2.75 bits per heavy atom. The lowest BCUT2D eigenvalue weighted by Crippen LogP contribution is -2.35. The van der Waals surface area contributed by atoms with Crippen molar-refractivity contribution in [1.29, 1.82) is 0 Å². The molecule has 0 bridgehead atoms. The summed E-state index contributed by atoms with van der Waals surface area (Å²) in [6.07, 6.45) is -1.05. The minimum absolute atomic E-state index is 0.214. The fourth-order valence-corrected chi connectivity index (χ4v) is 2.62. The molecule has 0 saturated heterocycles. The summed E-state index contributed by atoms with van der Waals surface area (Å²) >= 11 is 1.19. The molecular weight excluding hydrogens is 284 g/mol. The third kappa shape index (κ3) is 2.78. The van der Waals surface area contributed by atoms with Gasteiger partial charge in [0.1, 0.15) is 4.88 Å². The Balaban J connectivity index is 2.28. The van der Waals surface area contributed by atoms with Crippen LogP contribution in [0.15, 0.2) is 4.99 Å². The number of aliphatic imine (C=N–C) groups is 1. The second-order valence-corrected chi connectivity index (χ2v) is 5.08. The van der Waals surface area contributed by atoms with Gasteiger partial charge in [-0.15, -0.1) is 5.06 Å². The number of carbonyl (C=O) groups excluding carboxylic acids is 1. The van der Waals surface area contributed by atoms with Crippen LogP contribution in [0.4, 0.5) is 5.13 Å². The van der Waals surface area contributed by atoms with Crippen LogP contribution in [-0.2, 0) is 14.4 Å². The molecule has 0 aromatic carbocycles. The van der Waals surface area contributed by atoms with E-state index in [1.165, 1.54) is 23.3 Å². The molecule has 0 fully saturated rings. The molecule has 0 aliphatic carbocycles. The number of aliphatic carboxylic acids is 1. The molecule has 0 spiro atoms. The van der Waals surface area contributed by atoms with E-state index >= 15 is 0 Å². The van der Waals surface area contributed by atoms with E-state index in [4.69, 9.17) is 9.94 Å². The Morgan fingerprint density at radius 1 is 1.55 bits per heavy atom.